The maximum absolute atomic E-state index is 13.4. The number of benzene rings is 7. The van der Waals surface area contributed by atoms with Gasteiger partial charge in [0.25, 0.3) is 11.8 Å². The molecule has 0 radical (unpaired) electrons. The molecule has 4 spiro atoms. The summed E-state index contributed by atoms with van der Waals surface area (Å²) < 4.78 is 275. The van der Waals surface area contributed by atoms with Gasteiger partial charge in [-0.1, -0.05) is 115 Å². The van der Waals surface area contributed by atoms with Gasteiger partial charge in [0.2, 0.25) is 0 Å². The predicted octanol–water partition coefficient (Wildman–Crippen LogP) is 13.4. The van der Waals surface area contributed by atoms with Crippen LogP contribution in [0.15, 0.2) is 208 Å². The van der Waals surface area contributed by atoms with Gasteiger partial charge in [0.05, 0.1) is 39.5 Å². The van der Waals surface area contributed by atoms with Gasteiger partial charge in [-0.05, 0) is 198 Å². The number of ketones is 3. The summed E-state index contributed by atoms with van der Waals surface area (Å²) >= 11 is -0.782. The zero-order valence-corrected chi connectivity index (χ0v) is 81.2. The number of Topliss-reactive ketones (excluding diaryl/α,β-unsaturated/α-hetero) is 3. The third-order valence-electron chi connectivity index (χ3n) is 23.7. The van der Waals surface area contributed by atoms with E-state index in [2.05, 4.69) is 18.7 Å². The van der Waals surface area contributed by atoms with Gasteiger partial charge in [-0.2, -0.15) is 46.9 Å². The molecule has 4 amide bonds. The van der Waals surface area contributed by atoms with Crippen LogP contribution in [-0.2, 0) is 82.4 Å². The Morgan fingerprint density at radius 2 is 0.812 bits per heavy atom. The Labute approximate surface area is 797 Å². The summed E-state index contributed by atoms with van der Waals surface area (Å²) in [5, 5.41) is 21.0. The molecule has 0 atom stereocenters. The van der Waals surface area contributed by atoms with E-state index in [0.29, 0.717) is 79.8 Å². The second kappa shape index (κ2) is 42.6. The monoisotopic (exact) mass is 2070 g/mol. The number of hydrogen-bond donors (Lipinski definition) is 3. The zero-order valence-electron chi connectivity index (χ0n) is 75.5. The van der Waals surface area contributed by atoms with Gasteiger partial charge in [0.15, 0.2) is 68.9 Å². The van der Waals surface area contributed by atoms with E-state index in [0.717, 1.165) is 18.2 Å². The summed E-state index contributed by atoms with van der Waals surface area (Å²) in [4.78, 5) is 95.3. The maximum atomic E-state index is 13.4. The smallest absolute Gasteiger partial charge is 0.444 e. The van der Waals surface area contributed by atoms with Crippen LogP contribution in [0.4, 0.5) is 54.8 Å². The molecule has 8 aliphatic rings. The number of ether oxygens (including phenoxy) is 2. The fourth-order valence-electron chi connectivity index (χ4n) is 16.5. The SMILES string of the molecule is CC(C)(C)OC(=O)N1CCC2(C=C(OS(=O)(=O)C(F)(F)F)c3ccccc3S2(=O)=O)CC1.CC(C)(C)OC(=O)N1CCC2(CC1)CC(=O)c1ccccc1S2(=O)=O.CCN(CC)C(=O)c1ccc(B(O)O)cc1.O=C1CC2(CCN(C(=O)c3ccccc3)CC2)S(=O)(=O)c2ccccc21.O=C1CC2(CCNCC2)S(=O)(=O)c2ccccc21.O=S(=O)(N(SOOC(F)(F)F)c1ccccc1)C(F)(F)F. The minimum Gasteiger partial charge on any atom is -0.444 e. The highest BCUT2D eigenvalue weighted by atomic mass is 32.3. The molecule has 0 saturated carbocycles. The first-order valence-electron chi connectivity index (χ1n) is 42.8. The number of anilines is 1. The van der Waals surface area contributed by atoms with Crippen molar-refractivity contribution in [1.82, 2.24) is 24.9 Å². The number of carbonyl (C=O) groups is 7. The van der Waals surface area contributed by atoms with Crippen molar-refractivity contribution in [2.75, 3.05) is 69.2 Å². The molecule has 4 fully saturated rings. The predicted molar refractivity (Wildman–Crippen MR) is 487 cm³/mol. The van der Waals surface area contributed by atoms with Crippen LogP contribution in [0.1, 0.15) is 183 Å². The molecule has 49 heteroatoms. The number of sulfone groups is 4. The number of nitrogens with one attached hydrogen (secondary N) is 1. The lowest BCUT2D eigenvalue weighted by Crippen LogP contribution is -2.54. The van der Waals surface area contributed by atoms with Crippen LogP contribution in [0.25, 0.3) is 5.76 Å². The second-order valence-corrected chi connectivity index (χ2v) is 48.3. The van der Waals surface area contributed by atoms with Crippen molar-refractivity contribution in [3.8, 4) is 0 Å². The molecule has 7 aromatic rings. The molecule has 32 nitrogen and oxygen atoms in total. The molecule has 4 saturated heterocycles. The van der Waals surface area contributed by atoms with Crippen LogP contribution in [0.2, 0.25) is 0 Å². The topological polar surface area (TPSA) is 439 Å². The van der Waals surface area contributed by atoms with Gasteiger partial charge < -0.3 is 48.6 Å². The summed E-state index contributed by atoms with van der Waals surface area (Å²) in [5.74, 6) is -1.15. The van der Waals surface area contributed by atoms with Crippen LogP contribution in [0, 0.1) is 0 Å². The largest absolute Gasteiger partial charge is 0.550 e. The summed E-state index contributed by atoms with van der Waals surface area (Å²) in [6, 6.07) is 45.3. The first-order chi connectivity index (χ1) is 64.1. The Morgan fingerprint density at radius 3 is 1.18 bits per heavy atom. The number of alkyl halides is 9. The second-order valence-electron chi connectivity index (χ2n) is 34.9. The molecule has 750 valence electrons. The van der Waals surface area contributed by atoms with Gasteiger partial charge in [0.1, 0.15) is 21.7 Å². The average molecular weight is 2080 g/mol. The van der Waals surface area contributed by atoms with Crippen molar-refractivity contribution in [2.45, 2.75) is 193 Å². The van der Waals surface area contributed by atoms with Crippen molar-refractivity contribution in [2.24, 2.45) is 0 Å². The van der Waals surface area contributed by atoms with E-state index in [1.165, 1.54) is 64.4 Å². The Balaban J connectivity index is 0.000000173. The van der Waals surface area contributed by atoms with Crippen molar-refractivity contribution in [3.05, 3.63) is 221 Å². The highest BCUT2D eigenvalue weighted by molar-refractivity contribution is 8.12. The number of carbonyl (C=O) groups excluding carboxylic acids is 7. The summed E-state index contributed by atoms with van der Waals surface area (Å²) in [5.41, 5.74) is -11.2. The number of likely N-dealkylation sites (tertiary alicyclic amines) is 3. The molecule has 3 N–H and O–H groups in total. The molecule has 8 aliphatic heterocycles. The lowest BCUT2D eigenvalue weighted by Gasteiger charge is -2.43. The van der Waals surface area contributed by atoms with Crippen molar-refractivity contribution in [3.63, 3.8) is 0 Å². The lowest BCUT2D eigenvalue weighted by atomic mass is 9.80. The van der Waals surface area contributed by atoms with Gasteiger partial charge in [0, 0.05) is 105 Å². The van der Waals surface area contributed by atoms with E-state index in [4.69, 9.17) is 19.5 Å². The van der Waals surface area contributed by atoms with E-state index < -0.39 is 154 Å². The molecular formula is C89H100BF9N6O26S7. The van der Waals surface area contributed by atoms with Gasteiger partial charge in [-0.25, -0.2) is 43.3 Å². The average Bonchev–Trinajstić information content (AvgIpc) is 0.707. The number of halogens is 9. The van der Waals surface area contributed by atoms with Crippen molar-refractivity contribution in [1.29, 1.82) is 0 Å². The van der Waals surface area contributed by atoms with Gasteiger partial charge >= 0.3 is 56.8 Å². The Hall–Kier alpha value is -10.3. The number of hydrogen-bond acceptors (Lipinski definition) is 28. The van der Waals surface area contributed by atoms with Crippen LogP contribution in [0.5, 0.6) is 0 Å². The number of para-hydroxylation sites is 1. The fourth-order valence-corrected chi connectivity index (χ4v) is 27.4. The van der Waals surface area contributed by atoms with Gasteiger partial charge in [-0.3, -0.25) is 24.0 Å². The molecule has 0 aliphatic carbocycles. The van der Waals surface area contributed by atoms with E-state index >= 15 is 0 Å². The molecule has 0 unspecified atom stereocenters. The van der Waals surface area contributed by atoms with Crippen molar-refractivity contribution < 1.29 is 157 Å². The fraction of sp³-hybridized carbons (Fsp3) is 0.427. The van der Waals surface area contributed by atoms with Crippen LogP contribution in [0.3, 0.4) is 0 Å². The number of nitrogens with zero attached hydrogens (tertiary/aromatic N) is 5. The van der Waals surface area contributed by atoms with Crippen molar-refractivity contribution >= 4 is 137 Å². The van der Waals surface area contributed by atoms with Crippen LogP contribution >= 0.6 is 12.2 Å². The molecule has 0 aromatic heterocycles. The molecular weight excluding hydrogens is 1980 g/mol. The highest BCUT2D eigenvalue weighted by Crippen LogP contribution is 2.50. The highest BCUT2D eigenvalue weighted by Gasteiger charge is 2.59. The minimum absolute atomic E-state index is 0.000284. The molecule has 7 aromatic carbocycles. The third kappa shape index (κ3) is 24.3. The molecule has 138 heavy (non-hydrogen) atoms. The number of amides is 4. The lowest BCUT2D eigenvalue weighted by molar-refractivity contribution is -0.440. The Bertz CT molecular complexity index is 6420. The number of fused-ring (bicyclic) bond motifs is 4. The molecule has 0 bridgehead atoms. The van der Waals surface area contributed by atoms with E-state index in [1.54, 1.807) is 161 Å². The number of sulfonamides is 1. The first kappa shape index (κ1) is 110. The first-order valence-corrected chi connectivity index (χ1v) is 52.3. The summed E-state index contributed by atoms with van der Waals surface area (Å²) in [6.45, 7) is 18.0. The van der Waals surface area contributed by atoms with E-state index in [-0.39, 0.29) is 144 Å². The van der Waals surface area contributed by atoms with Crippen LogP contribution < -0.4 is 14.5 Å². The minimum atomic E-state index is -6.02. The summed E-state index contributed by atoms with van der Waals surface area (Å²) in [7, 11) is -28.3. The maximum Gasteiger partial charge on any atom is 0.550 e. The van der Waals surface area contributed by atoms with E-state index in [9.17, 15) is 124 Å². The normalized spacial score (nSPS) is 18.9. The van der Waals surface area contributed by atoms with E-state index in [1.807, 2.05) is 19.9 Å². The Kier molecular flexibility index (Phi) is 33.9. The number of rotatable bonds is 12. The number of piperidine rings is 4. The zero-order chi connectivity index (χ0) is 102. The quantitative estimate of drug-likeness (QED) is 0.0149. The molecule has 15 rings (SSSR count). The molecule has 8 heterocycles. The third-order valence-corrected chi connectivity index (χ3v) is 37.6. The summed E-state index contributed by atoms with van der Waals surface area (Å²) in [6.07, 6.45) is -3.62. The Morgan fingerprint density at radius 1 is 0.457 bits per heavy atom. The van der Waals surface area contributed by atoms with Crippen LogP contribution in [-0.4, -0.2) is 242 Å². The standard InChI is InChI=1S/C20H19NO4S.C19H22F3NO7S2.C18H23NO5S.C13H15NO3S.C11H16BNO3.C8H5F6NO4S2/c22-17-14-20(26(24,25)18-9-5-4-8-16(17)18)10-12-21(13-11-20)19(23)15-6-2-1-3-7-15;1-17(2,3)29-16(24)23-10-8-18(9-11-23)12-14(30-32(27,28)19(20,21)22)13-6-4-5-7-15(13)31(18,25)26;1-17(2,3)24-16(21)19-10-8-18(9-11-19)12-14(20)13-6-4-5-7-15(13)25(18,22)23;15-11-9-13(5-7-14-8-6-13)18(16,17)12-4-2-1-3-10(11)12;1-3-13(4-2)11(14)9-5-7-10(8-6-9)12(15)16;9-7(10,11)18-19-20-15(6-4-2-1-3-5-6)21(16,17)8(12,13)14/h1-9H,10-14H2;4-7,12H,8-11H2,1-3H3;4-7H,8-12H2,1-3H3;1-4,14H,5-9H2;5-8,15-16H,3-4H2,1-2H3;1-5H. The van der Waals surface area contributed by atoms with Gasteiger partial charge in [-0.15, -0.1) is 22.4 Å².